The van der Waals surface area contributed by atoms with Crippen molar-refractivity contribution in [2.75, 3.05) is 6.61 Å². The quantitative estimate of drug-likeness (QED) is 0.371. The van der Waals surface area contributed by atoms with Crippen LogP contribution in [0.15, 0.2) is 0 Å². The number of unbranched alkanes of at least 4 members (excludes halogenated alkanes) is 7. The number of ether oxygens (including phenoxy) is 1. The molecule has 0 amide bonds. The molecule has 0 unspecified atom stereocenters. The average Bonchev–Trinajstić information content (AvgIpc) is 2.15. The Bertz CT molecular complexity index is 138. The molecule has 2 radical (unpaired) electrons. The first-order valence-corrected chi connectivity index (χ1v) is 5.90. The molecule has 0 fully saturated rings. The van der Waals surface area contributed by atoms with Crippen LogP contribution >= 0.6 is 0 Å². The summed E-state index contributed by atoms with van der Waals surface area (Å²) < 4.78 is 4.85. The fourth-order valence-corrected chi connectivity index (χ4v) is 1.45. The topological polar surface area (TPSA) is 26.3 Å². The molecule has 0 aliphatic rings. The van der Waals surface area contributed by atoms with Gasteiger partial charge in [0.25, 0.3) is 0 Å². The number of esters is 1. The summed E-state index contributed by atoms with van der Waals surface area (Å²) in [6, 6.07) is 0. The van der Waals surface area contributed by atoms with Crippen LogP contribution in [0.1, 0.15) is 65.2 Å². The second kappa shape index (κ2) is 14.3. The van der Waals surface area contributed by atoms with E-state index in [0.717, 1.165) is 6.42 Å². The van der Waals surface area contributed by atoms with Gasteiger partial charge < -0.3 is 4.74 Å². The van der Waals surface area contributed by atoms with Gasteiger partial charge >= 0.3 is 29.9 Å². The van der Waals surface area contributed by atoms with Gasteiger partial charge in [0.05, 0.1) is 6.61 Å². The molecule has 0 bridgehead atoms. The molecule has 90 valence electrons. The van der Waals surface area contributed by atoms with Crippen LogP contribution in [-0.2, 0) is 9.53 Å². The van der Waals surface area contributed by atoms with Gasteiger partial charge in [-0.15, -0.1) is 0 Å². The van der Waals surface area contributed by atoms with Crippen molar-refractivity contribution in [1.82, 2.24) is 0 Å². The molecule has 0 rings (SSSR count). The van der Waals surface area contributed by atoms with Crippen molar-refractivity contribution >= 4 is 29.9 Å². The normalized spacial score (nSPS) is 9.47. The molecular formula is C12H26O2Sn. The molecule has 0 N–H and O–H groups in total. The summed E-state index contributed by atoms with van der Waals surface area (Å²) in [6.07, 6.45) is 10.2. The van der Waals surface area contributed by atoms with Crippen molar-refractivity contribution in [3.05, 3.63) is 0 Å². The van der Waals surface area contributed by atoms with E-state index >= 15 is 0 Å². The van der Waals surface area contributed by atoms with Gasteiger partial charge in [-0.05, 0) is 6.42 Å². The average molecular weight is 321 g/mol. The maximum absolute atomic E-state index is 10.4. The predicted molar refractivity (Wildman–Crippen MR) is 67.8 cm³/mol. The monoisotopic (exact) mass is 322 g/mol. The number of carbonyl (C=O) groups excluding carboxylic acids is 1. The van der Waals surface area contributed by atoms with Crippen molar-refractivity contribution in [2.24, 2.45) is 0 Å². The molecule has 0 aliphatic carbocycles. The summed E-state index contributed by atoms with van der Waals surface area (Å²) in [5, 5.41) is 0. The Balaban J connectivity index is 0. The second-order valence-corrected chi connectivity index (χ2v) is 3.81. The van der Waals surface area contributed by atoms with Gasteiger partial charge in [0, 0.05) is 6.92 Å². The molecule has 15 heavy (non-hydrogen) atoms. The molecule has 0 atom stereocenters. The number of rotatable bonds is 9. The third-order valence-corrected chi connectivity index (χ3v) is 2.30. The molecule has 0 spiro atoms. The van der Waals surface area contributed by atoms with Crippen LogP contribution in [0.3, 0.4) is 0 Å². The van der Waals surface area contributed by atoms with Crippen LogP contribution in [0.5, 0.6) is 0 Å². The first kappa shape index (κ1) is 17.7. The van der Waals surface area contributed by atoms with E-state index in [2.05, 4.69) is 6.92 Å². The van der Waals surface area contributed by atoms with Gasteiger partial charge in [0.1, 0.15) is 0 Å². The van der Waals surface area contributed by atoms with Crippen LogP contribution in [0.2, 0.25) is 0 Å². The van der Waals surface area contributed by atoms with Crippen molar-refractivity contribution in [3.63, 3.8) is 0 Å². The van der Waals surface area contributed by atoms with Gasteiger partial charge in [0.15, 0.2) is 0 Å². The van der Waals surface area contributed by atoms with E-state index in [9.17, 15) is 4.79 Å². The Kier molecular flexibility index (Phi) is 16.8. The molecule has 0 aliphatic heterocycles. The summed E-state index contributed by atoms with van der Waals surface area (Å²) >= 11 is 0. The molecule has 2 nitrogen and oxygen atoms in total. The second-order valence-electron chi connectivity index (χ2n) is 3.81. The standard InChI is InChI=1S/C12H24O2.Sn.2H/c1-3-4-5-6-7-8-9-10-11-14-12(2)13;;;/h3-11H2,1-2H3;;;. The zero-order valence-electron chi connectivity index (χ0n) is 10.4. The molecule has 0 aromatic carbocycles. The van der Waals surface area contributed by atoms with Gasteiger partial charge in [-0.1, -0.05) is 51.9 Å². The van der Waals surface area contributed by atoms with Gasteiger partial charge in [0.2, 0.25) is 0 Å². The van der Waals surface area contributed by atoms with Gasteiger partial charge in [-0.3, -0.25) is 4.79 Å². The Morgan fingerprint density at radius 2 is 1.40 bits per heavy atom. The molecule has 0 aromatic heterocycles. The first-order chi connectivity index (χ1) is 6.77. The minimum atomic E-state index is -0.159. The van der Waals surface area contributed by atoms with E-state index in [1.54, 1.807) is 0 Å². The molecule has 0 heterocycles. The van der Waals surface area contributed by atoms with E-state index in [1.165, 1.54) is 51.9 Å². The fourth-order valence-electron chi connectivity index (χ4n) is 1.45. The number of hydrogen-bond acceptors (Lipinski definition) is 2. The van der Waals surface area contributed by atoms with E-state index in [0.29, 0.717) is 6.61 Å². The summed E-state index contributed by atoms with van der Waals surface area (Å²) in [5.41, 5.74) is 0. The van der Waals surface area contributed by atoms with Crippen LogP contribution < -0.4 is 0 Å². The summed E-state index contributed by atoms with van der Waals surface area (Å²) in [5.74, 6) is -0.159. The molecule has 0 aromatic rings. The molecular weight excluding hydrogens is 295 g/mol. The van der Waals surface area contributed by atoms with Crippen LogP contribution in [-0.4, -0.2) is 36.5 Å². The summed E-state index contributed by atoms with van der Waals surface area (Å²) in [4.78, 5) is 10.4. The Morgan fingerprint density at radius 1 is 0.933 bits per heavy atom. The van der Waals surface area contributed by atoms with Gasteiger partial charge in [-0.25, -0.2) is 0 Å². The zero-order chi connectivity index (χ0) is 10.6. The molecule has 3 heteroatoms. The third-order valence-electron chi connectivity index (χ3n) is 2.30. The van der Waals surface area contributed by atoms with E-state index in [4.69, 9.17) is 4.74 Å². The first-order valence-electron chi connectivity index (χ1n) is 5.90. The van der Waals surface area contributed by atoms with E-state index < -0.39 is 0 Å². The Labute approximate surface area is 111 Å². The minimum absolute atomic E-state index is 0. The third kappa shape index (κ3) is 16.9. The number of carbonyl (C=O) groups is 1. The molecule has 0 saturated carbocycles. The summed E-state index contributed by atoms with van der Waals surface area (Å²) in [7, 11) is 0. The van der Waals surface area contributed by atoms with Crippen LogP contribution in [0.4, 0.5) is 0 Å². The Morgan fingerprint density at radius 3 is 1.87 bits per heavy atom. The SMILES string of the molecule is CCCCCCCCCCOC(C)=O.[SnH2]. The van der Waals surface area contributed by atoms with Crippen LogP contribution in [0.25, 0.3) is 0 Å². The van der Waals surface area contributed by atoms with Gasteiger partial charge in [-0.2, -0.15) is 0 Å². The maximum atomic E-state index is 10.4. The van der Waals surface area contributed by atoms with Crippen molar-refractivity contribution in [3.8, 4) is 0 Å². The van der Waals surface area contributed by atoms with E-state index in [1.807, 2.05) is 0 Å². The summed E-state index contributed by atoms with van der Waals surface area (Å²) in [6.45, 7) is 4.30. The Hall–Kier alpha value is 0.269. The van der Waals surface area contributed by atoms with Crippen molar-refractivity contribution in [2.45, 2.75) is 65.2 Å². The zero-order valence-corrected chi connectivity index (χ0v) is 14.4. The molecule has 0 saturated heterocycles. The fraction of sp³-hybridized carbons (Fsp3) is 0.917. The van der Waals surface area contributed by atoms with Crippen molar-refractivity contribution < 1.29 is 9.53 Å². The predicted octanol–water partition coefficient (Wildman–Crippen LogP) is 2.77. The number of hydrogen-bond donors (Lipinski definition) is 0. The van der Waals surface area contributed by atoms with Crippen LogP contribution in [0, 0.1) is 0 Å². The van der Waals surface area contributed by atoms with E-state index in [-0.39, 0.29) is 29.9 Å². The van der Waals surface area contributed by atoms with Crippen molar-refractivity contribution in [1.29, 1.82) is 0 Å².